The number of nitrogens with two attached hydrogens (primary N) is 1. The lowest BCUT2D eigenvalue weighted by atomic mass is 9.79. The molecular weight excluding hydrogens is 418 g/mol. The zero-order valence-corrected chi connectivity index (χ0v) is 19.3. The quantitative estimate of drug-likeness (QED) is 0.304. The van der Waals surface area contributed by atoms with E-state index in [1.54, 1.807) is 14.2 Å². The number of methoxy groups -OCH3 is 2. The minimum Gasteiger partial charge on any atom is -0.493 e. The first-order chi connectivity index (χ1) is 16.2. The molecule has 0 saturated heterocycles. The first-order valence-electron chi connectivity index (χ1n) is 11.1. The summed E-state index contributed by atoms with van der Waals surface area (Å²) < 4.78 is 23.6. The zero-order chi connectivity index (χ0) is 23.5. The summed E-state index contributed by atoms with van der Waals surface area (Å²) in [6, 6.07) is 25.6. The van der Waals surface area contributed by atoms with Gasteiger partial charge in [-0.25, -0.2) is 0 Å². The number of benzene rings is 3. The van der Waals surface area contributed by atoms with Gasteiger partial charge in [0.2, 0.25) is 0 Å². The highest BCUT2D eigenvalue weighted by molar-refractivity contribution is 5.57. The molecule has 6 nitrogen and oxygen atoms in total. The molecule has 0 aliphatic carbocycles. The van der Waals surface area contributed by atoms with Crippen molar-refractivity contribution in [1.29, 1.82) is 0 Å². The Morgan fingerprint density at radius 3 is 2.00 bits per heavy atom. The lowest BCUT2D eigenvalue weighted by molar-refractivity contribution is -0.0645. The summed E-state index contributed by atoms with van der Waals surface area (Å²) in [5.41, 5.74) is 7.04. The molecule has 0 aromatic heterocycles. The van der Waals surface area contributed by atoms with Crippen LogP contribution in [0.3, 0.4) is 0 Å². The minimum absolute atomic E-state index is 0.0484. The predicted molar refractivity (Wildman–Crippen MR) is 129 cm³/mol. The molecule has 1 unspecified atom stereocenters. The maximum absolute atomic E-state index is 10.6. The standard InChI is InChI=1S/C27H33NO5/c1-30-25-16-9-15-24(26(25)31-2)27(21-11-5-3-6-12-21,22-13-7-4-8-14-22)33-20-23(29)19-32-18-10-17-28/h3-9,11-16,23,29H,10,17-20,28H2,1-2H3. The lowest BCUT2D eigenvalue weighted by Crippen LogP contribution is -2.37. The molecule has 0 fully saturated rings. The number of rotatable bonds is 13. The van der Waals surface area contributed by atoms with Gasteiger partial charge in [-0.2, -0.15) is 0 Å². The molecule has 1 atom stereocenters. The number of hydrogen-bond donors (Lipinski definition) is 2. The fourth-order valence-corrected chi connectivity index (χ4v) is 3.91. The zero-order valence-electron chi connectivity index (χ0n) is 19.3. The molecule has 3 N–H and O–H groups in total. The van der Waals surface area contributed by atoms with Crippen molar-refractivity contribution in [2.45, 2.75) is 18.1 Å². The number of ether oxygens (including phenoxy) is 4. The fourth-order valence-electron chi connectivity index (χ4n) is 3.91. The van der Waals surface area contributed by atoms with Crippen molar-refractivity contribution in [3.8, 4) is 11.5 Å². The van der Waals surface area contributed by atoms with E-state index in [-0.39, 0.29) is 13.2 Å². The summed E-state index contributed by atoms with van der Waals surface area (Å²) >= 11 is 0. The number of hydrogen-bond acceptors (Lipinski definition) is 6. The second kappa shape index (κ2) is 12.4. The highest BCUT2D eigenvalue weighted by Crippen LogP contribution is 2.47. The van der Waals surface area contributed by atoms with Crippen molar-refractivity contribution in [2.24, 2.45) is 5.73 Å². The average Bonchev–Trinajstić information content (AvgIpc) is 2.88. The van der Waals surface area contributed by atoms with Gasteiger partial charge in [0, 0.05) is 12.2 Å². The van der Waals surface area contributed by atoms with Gasteiger partial charge in [0.15, 0.2) is 11.5 Å². The highest BCUT2D eigenvalue weighted by atomic mass is 16.5. The third kappa shape index (κ3) is 5.72. The summed E-state index contributed by atoms with van der Waals surface area (Å²) in [6.45, 7) is 1.26. The number of para-hydroxylation sites is 1. The van der Waals surface area contributed by atoms with Gasteiger partial charge in [-0.3, -0.25) is 0 Å². The summed E-state index contributed by atoms with van der Waals surface area (Å²) in [4.78, 5) is 0. The van der Waals surface area contributed by atoms with Crippen molar-refractivity contribution in [3.63, 3.8) is 0 Å². The van der Waals surface area contributed by atoms with E-state index in [1.807, 2.05) is 78.9 Å². The van der Waals surface area contributed by atoms with Gasteiger partial charge in [0.1, 0.15) is 11.7 Å². The molecule has 0 bridgehead atoms. The maximum Gasteiger partial charge on any atom is 0.167 e. The number of aliphatic hydroxyl groups is 1. The topological polar surface area (TPSA) is 83.2 Å². The molecule has 0 saturated carbocycles. The minimum atomic E-state index is -1.05. The monoisotopic (exact) mass is 451 g/mol. The van der Waals surface area contributed by atoms with Gasteiger partial charge in [-0.05, 0) is 30.2 Å². The van der Waals surface area contributed by atoms with Crippen LogP contribution < -0.4 is 15.2 Å². The van der Waals surface area contributed by atoms with Crippen LogP contribution in [-0.4, -0.2) is 51.8 Å². The van der Waals surface area contributed by atoms with E-state index in [1.165, 1.54) is 0 Å². The SMILES string of the molecule is COc1cccc(C(OCC(O)COCCCN)(c2ccccc2)c2ccccc2)c1OC. The predicted octanol–water partition coefficient (Wildman–Crippen LogP) is 3.74. The Balaban J connectivity index is 2.11. The van der Waals surface area contributed by atoms with Crippen LogP contribution in [0, 0.1) is 0 Å². The second-order valence-electron chi connectivity index (χ2n) is 7.64. The van der Waals surface area contributed by atoms with Gasteiger partial charge in [-0.1, -0.05) is 72.8 Å². The Hall–Kier alpha value is -2.90. The van der Waals surface area contributed by atoms with Gasteiger partial charge in [0.25, 0.3) is 0 Å². The van der Waals surface area contributed by atoms with E-state index in [0.717, 1.165) is 23.1 Å². The van der Waals surface area contributed by atoms with Gasteiger partial charge in [0.05, 0.1) is 27.4 Å². The molecule has 0 heterocycles. The molecule has 0 spiro atoms. The number of aliphatic hydroxyl groups excluding tert-OH is 1. The van der Waals surface area contributed by atoms with Crippen LogP contribution >= 0.6 is 0 Å². The van der Waals surface area contributed by atoms with Crippen molar-refractivity contribution < 1.29 is 24.1 Å². The molecule has 33 heavy (non-hydrogen) atoms. The Kier molecular flexibility index (Phi) is 9.27. The van der Waals surface area contributed by atoms with E-state index in [0.29, 0.717) is 24.7 Å². The molecule has 0 radical (unpaired) electrons. The fraction of sp³-hybridized carbons (Fsp3) is 0.333. The Morgan fingerprint density at radius 2 is 1.45 bits per heavy atom. The van der Waals surface area contributed by atoms with Gasteiger partial charge >= 0.3 is 0 Å². The van der Waals surface area contributed by atoms with Crippen LogP contribution in [0.1, 0.15) is 23.1 Å². The van der Waals surface area contributed by atoms with Crippen LogP contribution in [0.2, 0.25) is 0 Å². The van der Waals surface area contributed by atoms with Crippen molar-refractivity contribution in [3.05, 3.63) is 95.6 Å². The first-order valence-corrected chi connectivity index (χ1v) is 11.1. The Morgan fingerprint density at radius 1 is 0.818 bits per heavy atom. The molecular formula is C27H33NO5. The molecule has 0 aliphatic heterocycles. The normalized spacial score (nSPS) is 12.4. The average molecular weight is 452 g/mol. The van der Waals surface area contributed by atoms with Crippen LogP contribution in [0.5, 0.6) is 11.5 Å². The Bertz CT molecular complexity index is 925. The van der Waals surface area contributed by atoms with Gasteiger partial charge in [-0.15, -0.1) is 0 Å². The smallest absolute Gasteiger partial charge is 0.167 e. The van der Waals surface area contributed by atoms with E-state index in [4.69, 9.17) is 24.7 Å². The summed E-state index contributed by atoms with van der Waals surface area (Å²) in [6.07, 6.45) is -0.0711. The van der Waals surface area contributed by atoms with Crippen LogP contribution in [-0.2, 0) is 15.1 Å². The summed E-state index contributed by atoms with van der Waals surface area (Å²) in [5, 5.41) is 10.6. The molecule has 3 aromatic rings. The van der Waals surface area contributed by atoms with Crippen molar-refractivity contribution in [2.75, 3.05) is 40.6 Å². The van der Waals surface area contributed by atoms with Crippen LogP contribution in [0.15, 0.2) is 78.9 Å². The molecule has 6 heteroatoms. The van der Waals surface area contributed by atoms with Crippen molar-refractivity contribution in [1.82, 2.24) is 0 Å². The molecule has 3 aromatic carbocycles. The largest absolute Gasteiger partial charge is 0.493 e. The molecule has 3 rings (SSSR count). The third-order valence-electron chi connectivity index (χ3n) is 5.44. The summed E-state index contributed by atoms with van der Waals surface area (Å²) in [7, 11) is 3.22. The Labute approximate surface area is 195 Å². The van der Waals surface area contributed by atoms with Crippen LogP contribution in [0.25, 0.3) is 0 Å². The second-order valence-corrected chi connectivity index (χ2v) is 7.64. The first kappa shape index (κ1) is 24.7. The lowest BCUT2D eigenvalue weighted by Gasteiger charge is -2.37. The van der Waals surface area contributed by atoms with Gasteiger partial charge < -0.3 is 29.8 Å². The van der Waals surface area contributed by atoms with E-state index < -0.39 is 11.7 Å². The van der Waals surface area contributed by atoms with E-state index in [2.05, 4.69) is 0 Å². The maximum atomic E-state index is 10.6. The van der Waals surface area contributed by atoms with Crippen molar-refractivity contribution >= 4 is 0 Å². The van der Waals surface area contributed by atoms with Crippen LogP contribution in [0.4, 0.5) is 0 Å². The van der Waals surface area contributed by atoms with E-state index in [9.17, 15) is 5.11 Å². The molecule has 0 aliphatic rings. The molecule has 0 amide bonds. The third-order valence-corrected chi connectivity index (χ3v) is 5.44. The van der Waals surface area contributed by atoms with E-state index >= 15 is 0 Å². The molecule has 176 valence electrons. The highest BCUT2D eigenvalue weighted by Gasteiger charge is 2.41. The summed E-state index contributed by atoms with van der Waals surface area (Å²) in [5.74, 6) is 1.17.